The van der Waals surface area contributed by atoms with Crippen molar-refractivity contribution in [3.63, 3.8) is 0 Å². The molecule has 3 N–H and O–H groups in total. The van der Waals surface area contributed by atoms with Gasteiger partial charge in [0.2, 0.25) is 5.91 Å². The molecule has 1 aromatic carbocycles. The topological polar surface area (TPSA) is 68.0 Å². The highest BCUT2D eigenvalue weighted by atomic mass is 32.1. The Kier molecular flexibility index (Phi) is 2.55. The number of anilines is 1. The number of benzene rings is 1. The molecule has 0 saturated heterocycles. The van der Waals surface area contributed by atoms with E-state index in [1.54, 1.807) is 6.92 Å². The number of hydrogen-bond acceptors (Lipinski definition) is 4. The second-order valence-corrected chi connectivity index (χ2v) is 4.29. The van der Waals surface area contributed by atoms with E-state index in [-0.39, 0.29) is 5.91 Å². The number of carbonyl (C=O) groups excluding carboxylic acids is 1. The Hall–Kier alpha value is -1.62. The first-order valence-corrected chi connectivity index (χ1v) is 5.40. The van der Waals surface area contributed by atoms with E-state index in [0.717, 1.165) is 15.3 Å². The van der Waals surface area contributed by atoms with Crippen LogP contribution in [0.4, 0.5) is 5.13 Å². The minimum atomic E-state index is -0.398. The van der Waals surface area contributed by atoms with Crippen LogP contribution in [0.5, 0.6) is 0 Å². The molecule has 0 radical (unpaired) electrons. The van der Waals surface area contributed by atoms with Gasteiger partial charge in [-0.3, -0.25) is 4.79 Å². The van der Waals surface area contributed by atoms with Crippen LogP contribution in [-0.4, -0.2) is 16.9 Å². The standard InChI is InChI=1S/C10H11N3OS/c1-6(9(11)14)12-10-13-7-4-2-3-5-8(7)15-10/h2-6H,1H3,(H2,11,14)(H,12,13)/t6-/m0/s1. The van der Waals surface area contributed by atoms with Crippen LogP contribution < -0.4 is 11.1 Å². The molecule has 0 fully saturated rings. The maximum absolute atomic E-state index is 10.9. The molecule has 1 aromatic heterocycles. The quantitative estimate of drug-likeness (QED) is 0.826. The number of amides is 1. The number of aromatic nitrogens is 1. The summed E-state index contributed by atoms with van der Waals surface area (Å²) in [5.41, 5.74) is 6.09. The molecular weight excluding hydrogens is 210 g/mol. The zero-order valence-corrected chi connectivity index (χ0v) is 9.04. The maximum atomic E-state index is 10.9. The molecule has 0 bridgehead atoms. The van der Waals surface area contributed by atoms with Crippen LogP contribution >= 0.6 is 11.3 Å². The van der Waals surface area contributed by atoms with E-state index in [2.05, 4.69) is 10.3 Å². The van der Waals surface area contributed by atoms with Gasteiger partial charge < -0.3 is 11.1 Å². The summed E-state index contributed by atoms with van der Waals surface area (Å²) in [6.07, 6.45) is 0. The molecule has 1 amide bonds. The first-order chi connectivity index (χ1) is 7.16. The van der Waals surface area contributed by atoms with E-state index in [1.807, 2.05) is 24.3 Å². The highest BCUT2D eigenvalue weighted by Gasteiger charge is 2.10. The maximum Gasteiger partial charge on any atom is 0.239 e. The third kappa shape index (κ3) is 2.07. The van der Waals surface area contributed by atoms with Crippen LogP contribution in [0.25, 0.3) is 10.2 Å². The van der Waals surface area contributed by atoms with Gasteiger partial charge in [0.05, 0.1) is 10.2 Å². The molecule has 0 spiro atoms. The van der Waals surface area contributed by atoms with Crippen LogP contribution in [0.3, 0.4) is 0 Å². The van der Waals surface area contributed by atoms with Gasteiger partial charge in [-0.15, -0.1) is 0 Å². The Morgan fingerprint density at radius 3 is 2.93 bits per heavy atom. The van der Waals surface area contributed by atoms with E-state index in [4.69, 9.17) is 5.73 Å². The molecule has 15 heavy (non-hydrogen) atoms. The SMILES string of the molecule is C[C@H](Nc1nc2ccccc2s1)C(N)=O. The third-order valence-electron chi connectivity index (χ3n) is 2.06. The van der Waals surface area contributed by atoms with E-state index < -0.39 is 6.04 Å². The number of nitrogens with two attached hydrogens (primary N) is 1. The molecule has 78 valence electrons. The lowest BCUT2D eigenvalue weighted by atomic mass is 10.3. The molecule has 0 unspecified atom stereocenters. The Balaban J connectivity index is 2.26. The highest BCUT2D eigenvalue weighted by molar-refractivity contribution is 7.22. The minimum absolute atomic E-state index is 0.380. The summed E-state index contributed by atoms with van der Waals surface area (Å²) in [5, 5.41) is 3.69. The second-order valence-electron chi connectivity index (χ2n) is 3.26. The molecule has 0 aliphatic heterocycles. The summed E-state index contributed by atoms with van der Waals surface area (Å²) in [6.45, 7) is 1.72. The number of primary amides is 1. The Labute approximate surface area is 91.1 Å². The summed E-state index contributed by atoms with van der Waals surface area (Å²) >= 11 is 1.51. The van der Waals surface area contributed by atoms with Crippen molar-refractivity contribution in [3.05, 3.63) is 24.3 Å². The summed E-state index contributed by atoms with van der Waals surface area (Å²) in [5.74, 6) is -0.380. The summed E-state index contributed by atoms with van der Waals surface area (Å²) in [7, 11) is 0. The Morgan fingerprint density at radius 2 is 2.27 bits per heavy atom. The van der Waals surface area contributed by atoms with Gasteiger partial charge >= 0.3 is 0 Å². The molecule has 0 aliphatic rings. The first-order valence-electron chi connectivity index (χ1n) is 4.58. The van der Waals surface area contributed by atoms with Gasteiger partial charge in [0, 0.05) is 0 Å². The van der Waals surface area contributed by atoms with Crippen molar-refractivity contribution in [3.8, 4) is 0 Å². The van der Waals surface area contributed by atoms with Crippen molar-refractivity contribution < 1.29 is 4.79 Å². The van der Waals surface area contributed by atoms with E-state index in [0.29, 0.717) is 0 Å². The Bertz CT molecular complexity index is 461. The van der Waals surface area contributed by atoms with Crippen LogP contribution in [0.15, 0.2) is 24.3 Å². The number of nitrogens with zero attached hydrogens (tertiary/aromatic N) is 1. The lowest BCUT2D eigenvalue weighted by Crippen LogP contribution is -2.32. The zero-order valence-electron chi connectivity index (χ0n) is 8.23. The summed E-state index contributed by atoms with van der Waals surface area (Å²) < 4.78 is 1.09. The van der Waals surface area contributed by atoms with Crippen molar-refractivity contribution in [2.45, 2.75) is 13.0 Å². The number of nitrogens with one attached hydrogen (secondary N) is 1. The van der Waals surface area contributed by atoms with Crippen LogP contribution in [-0.2, 0) is 4.79 Å². The highest BCUT2D eigenvalue weighted by Crippen LogP contribution is 2.25. The molecular formula is C10H11N3OS. The number of carbonyl (C=O) groups is 1. The monoisotopic (exact) mass is 221 g/mol. The summed E-state index contributed by atoms with van der Waals surface area (Å²) in [6, 6.07) is 7.43. The van der Waals surface area contributed by atoms with Crippen LogP contribution in [0.2, 0.25) is 0 Å². The first kappa shape index (κ1) is 9.92. The molecule has 4 nitrogen and oxygen atoms in total. The van der Waals surface area contributed by atoms with Crippen LogP contribution in [0.1, 0.15) is 6.92 Å². The van der Waals surface area contributed by atoms with Crippen molar-refractivity contribution in [2.75, 3.05) is 5.32 Å². The molecule has 1 atom stereocenters. The number of rotatable bonds is 3. The van der Waals surface area contributed by atoms with Crippen molar-refractivity contribution in [1.82, 2.24) is 4.98 Å². The molecule has 2 aromatic rings. The Morgan fingerprint density at radius 1 is 1.53 bits per heavy atom. The molecule has 0 aliphatic carbocycles. The zero-order chi connectivity index (χ0) is 10.8. The van der Waals surface area contributed by atoms with E-state index in [1.165, 1.54) is 11.3 Å². The molecule has 1 heterocycles. The van der Waals surface area contributed by atoms with E-state index >= 15 is 0 Å². The van der Waals surface area contributed by atoms with Gasteiger partial charge in [-0.2, -0.15) is 0 Å². The van der Waals surface area contributed by atoms with Gasteiger partial charge in [0.25, 0.3) is 0 Å². The lowest BCUT2D eigenvalue weighted by Gasteiger charge is -2.06. The smallest absolute Gasteiger partial charge is 0.239 e. The normalized spacial score (nSPS) is 12.6. The van der Waals surface area contributed by atoms with Gasteiger partial charge in [0.15, 0.2) is 5.13 Å². The number of fused-ring (bicyclic) bond motifs is 1. The third-order valence-corrected chi connectivity index (χ3v) is 3.03. The van der Waals surface area contributed by atoms with Gasteiger partial charge in [-0.25, -0.2) is 4.98 Å². The predicted molar refractivity (Wildman–Crippen MR) is 61.9 cm³/mol. The van der Waals surface area contributed by atoms with Crippen molar-refractivity contribution >= 4 is 32.6 Å². The fraction of sp³-hybridized carbons (Fsp3) is 0.200. The van der Waals surface area contributed by atoms with E-state index in [9.17, 15) is 4.79 Å². The number of thiazole rings is 1. The lowest BCUT2D eigenvalue weighted by molar-refractivity contribution is -0.118. The predicted octanol–water partition coefficient (Wildman–Crippen LogP) is 1.58. The summed E-state index contributed by atoms with van der Waals surface area (Å²) in [4.78, 5) is 15.2. The van der Waals surface area contributed by atoms with Gasteiger partial charge in [0.1, 0.15) is 6.04 Å². The fourth-order valence-electron chi connectivity index (χ4n) is 1.19. The molecule has 2 rings (SSSR count). The van der Waals surface area contributed by atoms with Gasteiger partial charge in [-0.05, 0) is 19.1 Å². The average molecular weight is 221 g/mol. The fourth-order valence-corrected chi connectivity index (χ4v) is 2.14. The number of hydrogen-bond donors (Lipinski definition) is 2. The van der Waals surface area contributed by atoms with Crippen LogP contribution in [0, 0.1) is 0 Å². The average Bonchev–Trinajstić information content (AvgIpc) is 2.59. The molecule has 5 heteroatoms. The number of para-hydroxylation sites is 1. The second kappa shape index (κ2) is 3.86. The van der Waals surface area contributed by atoms with Gasteiger partial charge in [-0.1, -0.05) is 23.5 Å². The van der Waals surface area contributed by atoms with Crippen molar-refractivity contribution in [2.24, 2.45) is 5.73 Å². The molecule has 0 saturated carbocycles. The minimum Gasteiger partial charge on any atom is -0.368 e. The largest absolute Gasteiger partial charge is 0.368 e. The van der Waals surface area contributed by atoms with Crippen molar-refractivity contribution in [1.29, 1.82) is 0 Å².